The van der Waals surface area contributed by atoms with Crippen LogP contribution in [0.15, 0.2) is 11.3 Å². The molecule has 6 atom stereocenters. The van der Waals surface area contributed by atoms with Crippen molar-refractivity contribution in [2.24, 2.45) is 28.6 Å². The number of fused-ring (bicyclic) bond motifs is 5. The summed E-state index contributed by atoms with van der Waals surface area (Å²) >= 11 is 0. The SMILES string of the molecule is C[C@]12CCCCC1=C(O)C[C@@H]1[C@@H]2CC[C@]2(C)C(=O)[C@H](F)C[C@@H]12. The number of halogens is 1. The van der Waals surface area contributed by atoms with Crippen LogP contribution in [0.3, 0.4) is 0 Å². The molecule has 0 bridgehead atoms. The normalized spacial score (nSPS) is 51.3. The van der Waals surface area contributed by atoms with Crippen molar-refractivity contribution in [1.29, 1.82) is 0 Å². The Kier molecular flexibility index (Phi) is 3.06. The molecule has 0 spiro atoms. The van der Waals surface area contributed by atoms with Gasteiger partial charge in [0.2, 0.25) is 0 Å². The molecule has 2 nitrogen and oxygen atoms in total. The average molecular weight is 306 g/mol. The number of hydrogen-bond donors (Lipinski definition) is 1. The summed E-state index contributed by atoms with van der Waals surface area (Å²) in [4.78, 5) is 12.3. The summed E-state index contributed by atoms with van der Waals surface area (Å²) in [5, 5.41) is 10.6. The number of alkyl halides is 1. The van der Waals surface area contributed by atoms with Crippen molar-refractivity contribution in [2.45, 2.75) is 71.4 Å². The Morgan fingerprint density at radius 2 is 1.91 bits per heavy atom. The molecule has 122 valence electrons. The second kappa shape index (κ2) is 4.58. The molecule has 4 aliphatic rings. The predicted molar refractivity (Wildman–Crippen MR) is 83.2 cm³/mol. The molecule has 0 aliphatic heterocycles. The van der Waals surface area contributed by atoms with Crippen LogP contribution in [0, 0.1) is 28.6 Å². The Morgan fingerprint density at radius 1 is 1.14 bits per heavy atom. The third kappa shape index (κ3) is 1.68. The fourth-order valence-electron chi connectivity index (χ4n) is 6.57. The van der Waals surface area contributed by atoms with Gasteiger partial charge in [-0.15, -0.1) is 0 Å². The van der Waals surface area contributed by atoms with Crippen molar-refractivity contribution in [2.75, 3.05) is 0 Å². The molecule has 0 aromatic carbocycles. The molecule has 0 aromatic rings. The van der Waals surface area contributed by atoms with E-state index in [4.69, 9.17) is 0 Å². The lowest BCUT2D eigenvalue weighted by molar-refractivity contribution is -0.135. The predicted octanol–water partition coefficient (Wildman–Crippen LogP) is 4.74. The summed E-state index contributed by atoms with van der Waals surface area (Å²) in [7, 11) is 0. The summed E-state index contributed by atoms with van der Waals surface area (Å²) in [5.74, 6) is 1.34. The van der Waals surface area contributed by atoms with Gasteiger partial charge < -0.3 is 5.11 Å². The topological polar surface area (TPSA) is 37.3 Å². The largest absolute Gasteiger partial charge is 0.512 e. The molecule has 0 heterocycles. The van der Waals surface area contributed by atoms with E-state index < -0.39 is 11.6 Å². The maximum Gasteiger partial charge on any atom is 0.173 e. The Labute approximate surface area is 132 Å². The van der Waals surface area contributed by atoms with Crippen LogP contribution in [0.5, 0.6) is 0 Å². The second-order valence-electron chi connectivity index (χ2n) is 8.65. The maximum atomic E-state index is 14.1. The molecule has 0 unspecified atom stereocenters. The maximum absolute atomic E-state index is 14.1. The van der Waals surface area contributed by atoms with Crippen LogP contribution in [0.4, 0.5) is 4.39 Å². The van der Waals surface area contributed by atoms with E-state index in [1.165, 1.54) is 18.4 Å². The minimum Gasteiger partial charge on any atom is -0.512 e. The molecule has 0 amide bonds. The highest BCUT2D eigenvalue weighted by atomic mass is 19.1. The highest BCUT2D eigenvalue weighted by molar-refractivity contribution is 5.91. The van der Waals surface area contributed by atoms with Crippen molar-refractivity contribution in [3.05, 3.63) is 11.3 Å². The van der Waals surface area contributed by atoms with Gasteiger partial charge in [-0.25, -0.2) is 4.39 Å². The van der Waals surface area contributed by atoms with Crippen molar-refractivity contribution in [3.8, 4) is 0 Å². The summed E-state index contributed by atoms with van der Waals surface area (Å²) in [6.45, 7) is 4.30. The van der Waals surface area contributed by atoms with Crippen molar-refractivity contribution < 1.29 is 14.3 Å². The molecule has 3 saturated carbocycles. The van der Waals surface area contributed by atoms with Crippen LogP contribution in [0.1, 0.15) is 65.2 Å². The Balaban J connectivity index is 1.75. The summed E-state index contributed by atoms with van der Waals surface area (Å²) in [5.41, 5.74) is 0.887. The highest BCUT2D eigenvalue weighted by Crippen LogP contribution is 2.65. The Bertz CT molecular complexity index is 554. The fourth-order valence-corrected chi connectivity index (χ4v) is 6.57. The number of hydrogen-bond acceptors (Lipinski definition) is 2. The zero-order valence-electron chi connectivity index (χ0n) is 13.7. The third-order valence-electron chi connectivity index (χ3n) is 7.79. The molecule has 0 saturated heterocycles. The minimum atomic E-state index is -1.28. The van der Waals surface area contributed by atoms with Gasteiger partial charge in [0.05, 0.1) is 5.76 Å². The summed E-state index contributed by atoms with van der Waals surface area (Å²) in [6, 6.07) is 0. The molecular weight excluding hydrogens is 279 g/mol. The van der Waals surface area contributed by atoms with Crippen LogP contribution in [0.2, 0.25) is 0 Å². The van der Waals surface area contributed by atoms with Crippen LogP contribution in [-0.4, -0.2) is 17.1 Å². The number of carbonyl (C=O) groups is 1. The van der Waals surface area contributed by atoms with E-state index in [0.717, 1.165) is 25.7 Å². The number of carbonyl (C=O) groups excluding carboxylic acids is 1. The monoisotopic (exact) mass is 306 g/mol. The molecule has 4 aliphatic carbocycles. The lowest BCUT2D eigenvalue weighted by atomic mass is 9.48. The van der Waals surface area contributed by atoms with Gasteiger partial charge in [-0.3, -0.25) is 4.79 Å². The van der Waals surface area contributed by atoms with Crippen molar-refractivity contribution >= 4 is 5.78 Å². The van der Waals surface area contributed by atoms with E-state index in [9.17, 15) is 14.3 Å². The fraction of sp³-hybridized carbons (Fsp3) is 0.842. The molecule has 0 aromatic heterocycles. The zero-order chi connectivity index (χ0) is 15.7. The van der Waals surface area contributed by atoms with Gasteiger partial charge in [-0.05, 0) is 67.3 Å². The van der Waals surface area contributed by atoms with Gasteiger partial charge in [-0.1, -0.05) is 20.3 Å². The average Bonchev–Trinajstić information content (AvgIpc) is 2.71. The van der Waals surface area contributed by atoms with E-state index in [2.05, 4.69) is 6.92 Å². The second-order valence-corrected chi connectivity index (χ2v) is 8.65. The van der Waals surface area contributed by atoms with Crippen molar-refractivity contribution in [3.63, 3.8) is 0 Å². The van der Waals surface area contributed by atoms with Gasteiger partial charge in [0.25, 0.3) is 0 Å². The molecule has 1 N–H and O–H groups in total. The number of Topliss-reactive ketones (excluding diaryl/α,β-unsaturated/α-hetero) is 1. The quantitative estimate of drug-likeness (QED) is 0.701. The minimum absolute atomic E-state index is 0.0873. The van der Waals surface area contributed by atoms with E-state index >= 15 is 0 Å². The number of ketones is 1. The smallest absolute Gasteiger partial charge is 0.173 e. The van der Waals surface area contributed by atoms with E-state index in [1.807, 2.05) is 6.92 Å². The Hall–Kier alpha value is -0.860. The molecule has 22 heavy (non-hydrogen) atoms. The first-order valence-corrected chi connectivity index (χ1v) is 8.98. The first-order chi connectivity index (χ1) is 10.4. The summed E-state index contributed by atoms with van der Waals surface area (Å²) < 4.78 is 14.1. The molecule has 0 radical (unpaired) electrons. The first kappa shape index (κ1) is 14.7. The lowest BCUT2D eigenvalue weighted by Crippen LogP contribution is -2.50. The molecular formula is C19H27FO2. The lowest BCUT2D eigenvalue weighted by Gasteiger charge is -2.56. The van der Waals surface area contributed by atoms with Gasteiger partial charge in [0, 0.05) is 11.8 Å². The number of aliphatic hydroxyl groups is 1. The van der Waals surface area contributed by atoms with Gasteiger partial charge in [0.15, 0.2) is 12.0 Å². The number of rotatable bonds is 0. The molecule has 3 heteroatoms. The highest BCUT2D eigenvalue weighted by Gasteiger charge is 2.62. The van der Waals surface area contributed by atoms with Gasteiger partial charge in [0.1, 0.15) is 0 Å². The van der Waals surface area contributed by atoms with E-state index in [1.54, 1.807) is 0 Å². The van der Waals surface area contributed by atoms with Crippen LogP contribution < -0.4 is 0 Å². The zero-order valence-corrected chi connectivity index (χ0v) is 13.7. The van der Waals surface area contributed by atoms with Crippen LogP contribution >= 0.6 is 0 Å². The van der Waals surface area contributed by atoms with Crippen LogP contribution in [0.25, 0.3) is 0 Å². The number of aliphatic hydroxyl groups excluding tert-OH is 1. The van der Waals surface area contributed by atoms with E-state index in [0.29, 0.717) is 24.5 Å². The standard InChI is InChI=1S/C19H27FO2/c1-18-7-4-3-5-13(18)16(21)9-11-12(18)6-8-19(2)14(11)10-15(20)17(19)22/h11-12,14-15,21H,3-10H2,1-2H3/t11-,12+,14+,15-,18-,19+/m1/s1. The third-order valence-corrected chi connectivity index (χ3v) is 7.79. The molecule has 3 fully saturated rings. The van der Waals surface area contributed by atoms with Crippen LogP contribution in [-0.2, 0) is 4.79 Å². The number of allylic oxidation sites excluding steroid dienone is 2. The van der Waals surface area contributed by atoms with Gasteiger partial charge >= 0.3 is 0 Å². The van der Waals surface area contributed by atoms with Crippen molar-refractivity contribution in [1.82, 2.24) is 0 Å². The summed E-state index contributed by atoms with van der Waals surface area (Å²) in [6.07, 6.45) is 6.21. The first-order valence-electron chi connectivity index (χ1n) is 8.98. The van der Waals surface area contributed by atoms with E-state index in [-0.39, 0.29) is 23.0 Å². The van der Waals surface area contributed by atoms with Gasteiger partial charge in [-0.2, -0.15) is 0 Å². The molecule has 4 rings (SSSR count). The Morgan fingerprint density at radius 3 is 2.68 bits per heavy atom.